The first kappa shape index (κ1) is 14.5. The van der Waals surface area contributed by atoms with Crippen LogP contribution in [0.15, 0.2) is 34.8 Å². The van der Waals surface area contributed by atoms with E-state index in [-0.39, 0.29) is 5.82 Å². The fourth-order valence-corrected chi connectivity index (χ4v) is 2.53. The summed E-state index contributed by atoms with van der Waals surface area (Å²) in [5, 5.41) is 0.456. The number of benzene rings is 2. The van der Waals surface area contributed by atoms with E-state index in [4.69, 9.17) is 17.3 Å². The van der Waals surface area contributed by atoms with Crippen LogP contribution in [0.4, 0.5) is 4.39 Å². The van der Waals surface area contributed by atoms with Gasteiger partial charge >= 0.3 is 0 Å². The lowest BCUT2D eigenvalue weighted by Gasteiger charge is -2.17. The van der Waals surface area contributed by atoms with Gasteiger partial charge in [-0.05, 0) is 53.0 Å². The highest BCUT2D eigenvalue weighted by atomic mass is 79.9. The Bertz CT molecular complexity index is 628. The van der Waals surface area contributed by atoms with Crippen LogP contribution in [0.2, 0.25) is 5.02 Å². The highest BCUT2D eigenvalue weighted by molar-refractivity contribution is 9.10. The number of hydrogen-bond acceptors (Lipinski definition) is 1. The molecule has 1 nitrogen and oxygen atoms in total. The zero-order valence-corrected chi connectivity index (χ0v) is 13.0. The Hall–Kier alpha value is -0.900. The van der Waals surface area contributed by atoms with Crippen molar-refractivity contribution in [2.45, 2.75) is 19.9 Å². The Morgan fingerprint density at radius 1 is 1.16 bits per heavy atom. The molecule has 1 atom stereocenters. The maximum absolute atomic E-state index is 14.0. The summed E-state index contributed by atoms with van der Waals surface area (Å²) in [5.41, 5.74) is 9.65. The number of nitrogens with two attached hydrogens (primary N) is 1. The molecule has 0 amide bonds. The molecule has 4 heteroatoms. The highest BCUT2D eigenvalue weighted by Gasteiger charge is 2.17. The van der Waals surface area contributed by atoms with Gasteiger partial charge < -0.3 is 5.73 Å². The molecule has 2 aromatic carbocycles. The minimum atomic E-state index is -0.523. The first-order chi connectivity index (χ1) is 8.90. The van der Waals surface area contributed by atoms with E-state index in [0.29, 0.717) is 15.1 Å². The lowest BCUT2D eigenvalue weighted by atomic mass is 9.94. The molecule has 2 rings (SSSR count). The molecule has 2 N–H and O–H groups in total. The van der Waals surface area contributed by atoms with Crippen molar-refractivity contribution in [3.05, 3.63) is 67.9 Å². The quantitative estimate of drug-likeness (QED) is 0.771. The maximum atomic E-state index is 14.0. The van der Waals surface area contributed by atoms with Crippen molar-refractivity contribution >= 4 is 27.5 Å². The second-order valence-electron chi connectivity index (χ2n) is 4.63. The Morgan fingerprint density at radius 2 is 1.84 bits per heavy atom. The summed E-state index contributed by atoms with van der Waals surface area (Å²) in [5.74, 6) is -0.357. The topological polar surface area (TPSA) is 26.0 Å². The third-order valence-corrected chi connectivity index (χ3v) is 4.34. The van der Waals surface area contributed by atoms with Gasteiger partial charge in [-0.25, -0.2) is 4.39 Å². The van der Waals surface area contributed by atoms with Gasteiger partial charge in [0.1, 0.15) is 5.82 Å². The lowest BCUT2D eigenvalue weighted by Crippen LogP contribution is -2.15. The zero-order chi connectivity index (χ0) is 14.2. The third-order valence-electron chi connectivity index (χ3n) is 3.14. The van der Waals surface area contributed by atoms with Crippen LogP contribution in [0, 0.1) is 19.7 Å². The summed E-state index contributed by atoms with van der Waals surface area (Å²) in [6.07, 6.45) is 0. The van der Waals surface area contributed by atoms with Gasteiger partial charge in [0.2, 0.25) is 0 Å². The first-order valence-electron chi connectivity index (χ1n) is 5.87. The average molecular weight is 343 g/mol. The standard InChI is InChI=1S/C15H14BrClFN/c1-8-3-4-9(2)10(5-8)15(19)11-6-13(17)12(16)7-14(11)18/h3-7,15H,19H2,1-2H3. The molecule has 0 aliphatic heterocycles. The fourth-order valence-electron chi connectivity index (χ4n) is 2.04. The van der Waals surface area contributed by atoms with E-state index in [1.165, 1.54) is 6.07 Å². The normalized spacial score (nSPS) is 12.5. The van der Waals surface area contributed by atoms with Crippen LogP contribution in [-0.4, -0.2) is 0 Å². The van der Waals surface area contributed by atoms with E-state index in [1.54, 1.807) is 6.07 Å². The van der Waals surface area contributed by atoms with Crippen molar-refractivity contribution in [3.8, 4) is 0 Å². The van der Waals surface area contributed by atoms with Crippen LogP contribution in [0.1, 0.15) is 28.3 Å². The maximum Gasteiger partial charge on any atom is 0.129 e. The van der Waals surface area contributed by atoms with Gasteiger partial charge in [-0.15, -0.1) is 0 Å². The molecule has 2 aromatic rings. The summed E-state index contributed by atoms with van der Waals surface area (Å²) in [6.45, 7) is 3.95. The molecule has 0 fully saturated rings. The van der Waals surface area contributed by atoms with Gasteiger partial charge in [-0.3, -0.25) is 0 Å². The summed E-state index contributed by atoms with van der Waals surface area (Å²) < 4.78 is 14.6. The monoisotopic (exact) mass is 341 g/mol. The van der Waals surface area contributed by atoms with E-state index in [9.17, 15) is 4.39 Å². The molecule has 0 radical (unpaired) electrons. The van der Waals surface area contributed by atoms with Gasteiger partial charge in [0.05, 0.1) is 11.1 Å². The van der Waals surface area contributed by atoms with Crippen molar-refractivity contribution in [3.63, 3.8) is 0 Å². The molecule has 0 saturated carbocycles. The Labute approximate surface area is 125 Å². The predicted molar refractivity (Wildman–Crippen MR) is 81.1 cm³/mol. The van der Waals surface area contributed by atoms with Crippen LogP contribution in [-0.2, 0) is 0 Å². The smallest absolute Gasteiger partial charge is 0.129 e. The molecule has 0 saturated heterocycles. The number of rotatable bonds is 2. The fraction of sp³-hybridized carbons (Fsp3) is 0.200. The molecule has 0 bridgehead atoms. The van der Waals surface area contributed by atoms with Crippen LogP contribution >= 0.6 is 27.5 Å². The van der Waals surface area contributed by atoms with Crippen LogP contribution in [0.3, 0.4) is 0 Å². The van der Waals surface area contributed by atoms with Crippen molar-refractivity contribution < 1.29 is 4.39 Å². The third kappa shape index (κ3) is 2.99. The molecule has 0 aliphatic carbocycles. The van der Waals surface area contributed by atoms with E-state index >= 15 is 0 Å². The zero-order valence-electron chi connectivity index (χ0n) is 10.7. The van der Waals surface area contributed by atoms with E-state index in [0.717, 1.165) is 16.7 Å². The minimum absolute atomic E-state index is 0.357. The number of hydrogen-bond donors (Lipinski definition) is 1. The average Bonchev–Trinajstić information content (AvgIpc) is 2.36. The molecule has 0 aromatic heterocycles. The molecular weight excluding hydrogens is 329 g/mol. The van der Waals surface area contributed by atoms with Gasteiger partial charge in [0.15, 0.2) is 0 Å². The van der Waals surface area contributed by atoms with Crippen LogP contribution in [0.25, 0.3) is 0 Å². The summed E-state index contributed by atoms with van der Waals surface area (Å²) in [7, 11) is 0. The summed E-state index contributed by atoms with van der Waals surface area (Å²) >= 11 is 9.22. The van der Waals surface area contributed by atoms with Crippen molar-refractivity contribution in [1.29, 1.82) is 0 Å². The summed E-state index contributed by atoms with van der Waals surface area (Å²) in [4.78, 5) is 0. The Morgan fingerprint density at radius 3 is 2.53 bits per heavy atom. The van der Waals surface area contributed by atoms with E-state index < -0.39 is 6.04 Å². The Balaban J connectivity index is 2.52. The molecule has 0 aliphatic rings. The first-order valence-corrected chi connectivity index (χ1v) is 7.04. The molecule has 19 heavy (non-hydrogen) atoms. The Kier molecular flexibility index (Phi) is 4.29. The van der Waals surface area contributed by atoms with Crippen molar-refractivity contribution in [1.82, 2.24) is 0 Å². The van der Waals surface area contributed by atoms with Crippen LogP contribution < -0.4 is 5.73 Å². The van der Waals surface area contributed by atoms with Crippen molar-refractivity contribution in [2.75, 3.05) is 0 Å². The molecule has 0 heterocycles. The largest absolute Gasteiger partial charge is 0.320 e. The SMILES string of the molecule is Cc1ccc(C)c(C(N)c2cc(Cl)c(Br)cc2F)c1. The number of aryl methyl sites for hydroxylation is 2. The van der Waals surface area contributed by atoms with Gasteiger partial charge in [0.25, 0.3) is 0 Å². The van der Waals surface area contributed by atoms with Gasteiger partial charge in [0, 0.05) is 10.0 Å². The minimum Gasteiger partial charge on any atom is -0.320 e. The second-order valence-corrected chi connectivity index (χ2v) is 5.89. The van der Waals surface area contributed by atoms with Gasteiger partial charge in [-0.1, -0.05) is 35.4 Å². The van der Waals surface area contributed by atoms with Crippen LogP contribution in [0.5, 0.6) is 0 Å². The molecule has 100 valence electrons. The summed E-state index contributed by atoms with van der Waals surface area (Å²) in [6, 6.07) is 8.38. The molecule has 0 spiro atoms. The molecule has 1 unspecified atom stereocenters. The van der Waals surface area contributed by atoms with Gasteiger partial charge in [-0.2, -0.15) is 0 Å². The molecular formula is C15H14BrClFN. The highest BCUT2D eigenvalue weighted by Crippen LogP contribution is 2.31. The van der Waals surface area contributed by atoms with Crippen molar-refractivity contribution in [2.24, 2.45) is 5.73 Å². The van der Waals surface area contributed by atoms with E-state index in [2.05, 4.69) is 15.9 Å². The lowest BCUT2D eigenvalue weighted by molar-refractivity contribution is 0.598. The second kappa shape index (κ2) is 5.61. The number of halogens is 3. The van der Waals surface area contributed by atoms with E-state index in [1.807, 2.05) is 32.0 Å². The predicted octanol–water partition coefficient (Wildman–Crippen LogP) is 4.91.